The third-order valence-corrected chi connectivity index (χ3v) is 5.26. The number of hydrogen-bond acceptors (Lipinski definition) is 5. The van der Waals surface area contributed by atoms with Crippen LogP contribution in [0, 0.1) is 6.92 Å². The Kier molecular flexibility index (Phi) is 3.93. The highest BCUT2D eigenvalue weighted by Crippen LogP contribution is 2.37. The Morgan fingerprint density at radius 2 is 2.17 bits per heavy atom. The average molecular weight is 398 g/mol. The van der Waals surface area contributed by atoms with Crippen LogP contribution in [0.2, 0.25) is 0 Å². The van der Waals surface area contributed by atoms with Gasteiger partial charge in [0.05, 0.1) is 23.2 Å². The van der Waals surface area contributed by atoms with Crippen LogP contribution < -0.4 is 0 Å². The Hall–Kier alpha value is -3.56. The standard InChI is InChI=1S/C19H16F2N6O2/c1-10-12-4-2-3-6-27(12)25-13(10)16-14-11(22-8-23-14)5-7-26(16)19(28)17-15(18(20)21)24-9-29-17/h2-4,6,8-9,16,18H,5,7H2,1H3,(H,22,23)/t16-/m1/s1. The number of pyridine rings is 1. The molecule has 0 bridgehead atoms. The Morgan fingerprint density at radius 1 is 1.31 bits per heavy atom. The zero-order chi connectivity index (χ0) is 20.1. The SMILES string of the molecule is Cc1c([C@@H]2c3nc[nH]c3CCN2C(=O)c2ocnc2C(F)F)nn2ccccc12. The number of aromatic nitrogens is 5. The minimum absolute atomic E-state index is 0.301. The van der Waals surface area contributed by atoms with Crippen LogP contribution >= 0.6 is 0 Å². The molecular formula is C19H16F2N6O2. The molecule has 0 spiro atoms. The normalized spacial score (nSPS) is 16.6. The van der Waals surface area contributed by atoms with E-state index >= 15 is 0 Å². The van der Waals surface area contributed by atoms with Crippen molar-refractivity contribution < 1.29 is 18.0 Å². The lowest BCUT2D eigenvalue weighted by Gasteiger charge is -2.33. The first-order valence-corrected chi connectivity index (χ1v) is 9.04. The molecule has 4 aromatic rings. The molecule has 0 fully saturated rings. The number of H-pyrrole nitrogens is 1. The first kappa shape index (κ1) is 17.5. The van der Waals surface area contributed by atoms with Crippen molar-refractivity contribution in [1.82, 2.24) is 29.5 Å². The summed E-state index contributed by atoms with van der Waals surface area (Å²) in [7, 11) is 0. The Balaban J connectivity index is 1.66. The van der Waals surface area contributed by atoms with Gasteiger partial charge >= 0.3 is 0 Å². The van der Waals surface area contributed by atoms with Crippen molar-refractivity contribution in [2.45, 2.75) is 25.8 Å². The number of nitrogens with one attached hydrogen (secondary N) is 1. The lowest BCUT2D eigenvalue weighted by Crippen LogP contribution is -2.41. The van der Waals surface area contributed by atoms with E-state index in [4.69, 9.17) is 4.42 Å². The van der Waals surface area contributed by atoms with E-state index in [1.54, 1.807) is 10.8 Å². The molecule has 1 amide bonds. The molecule has 1 aliphatic rings. The van der Waals surface area contributed by atoms with E-state index in [0.29, 0.717) is 24.4 Å². The first-order chi connectivity index (χ1) is 14.1. The van der Waals surface area contributed by atoms with E-state index in [1.165, 1.54) is 4.90 Å². The van der Waals surface area contributed by atoms with Gasteiger partial charge in [-0.05, 0) is 19.1 Å². The molecule has 0 aliphatic carbocycles. The molecule has 148 valence electrons. The van der Waals surface area contributed by atoms with Gasteiger partial charge in [0.1, 0.15) is 6.04 Å². The van der Waals surface area contributed by atoms with Crippen LogP contribution in [0.15, 0.2) is 41.5 Å². The number of fused-ring (bicyclic) bond motifs is 2. The fourth-order valence-electron chi connectivity index (χ4n) is 3.87. The van der Waals surface area contributed by atoms with Crippen molar-refractivity contribution in [3.05, 3.63) is 71.2 Å². The van der Waals surface area contributed by atoms with Gasteiger partial charge in [-0.2, -0.15) is 5.10 Å². The Bertz CT molecular complexity index is 1210. The topological polar surface area (TPSA) is 92.3 Å². The van der Waals surface area contributed by atoms with E-state index in [1.807, 2.05) is 31.3 Å². The fourth-order valence-corrected chi connectivity index (χ4v) is 3.87. The Labute approximate surface area is 163 Å². The molecule has 10 heteroatoms. The van der Waals surface area contributed by atoms with Crippen molar-refractivity contribution in [3.63, 3.8) is 0 Å². The van der Waals surface area contributed by atoms with Crippen molar-refractivity contribution >= 4 is 11.4 Å². The minimum atomic E-state index is -2.91. The van der Waals surface area contributed by atoms with Crippen molar-refractivity contribution in [3.8, 4) is 0 Å². The van der Waals surface area contributed by atoms with Crippen LogP contribution in [-0.4, -0.2) is 41.9 Å². The van der Waals surface area contributed by atoms with Gasteiger partial charge in [0.15, 0.2) is 12.1 Å². The van der Waals surface area contributed by atoms with Crippen molar-refractivity contribution in [1.29, 1.82) is 0 Å². The van der Waals surface area contributed by atoms with Crippen LogP contribution in [-0.2, 0) is 6.42 Å². The second kappa shape index (κ2) is 6.50. The number of aromatic amines is 1. The van der Waals surface area contributed by atoms with Gasteiger partial charge in [-0.3, -0.25) is 4.79 Å². The second-order valence-corrected chi connectivity index (χ2v) is 6.83. The molecule has 5 heterocycles. The van der Waals surface area contributed by atoms with Crippen LogP contribution in [0.25, 0.3) is 5.52 Å². The van der Waals surface area contributed by atoms with E-state index in [0.717, 1.165) is 23.2 Å². The Morgan fingerprint density at radius 3 is 2.97 bits per heavy atom. The van der Waals surface area contributed by atoms with E-state index in [9.17, 15) is 13.6 Å². The summed E-state index contributed by atoms with van der Waals surface area (Å²) in [6.45, 7) is 2.22. The summed E-state index contributed by atoms with van der Waals surface area (Å²) in [4.78, 5) is 25.7. The second-order valence-electron chi connectivity index (χ2n) is 6.83. The average Bonchev–Trinajstić information content (AvgIpc) is 3.45. The molecule has 0 unspecified atom stereocenters. The number of carbonyl (C=O) groups excluding carboxylic acids is 1. The quantitative estimate of drug-likeness (QED) is 0.573. The fraction of sp³-hybridized carbons (Fsp3) is 0.263. The van der Waals surface area contributed by atoms with Gasteiger partial charge in [-0.1, -0.05) is 6.07 Å². The number of alkyl halides is 2. The van der Waals surface area contributed by atoms with E-state index in [-0.39, 0.29) is 0 Å². The molecule has 1 atom stereocenters. The maximum absolute atomic E-state index is 13.3. The summed E-state index contributed by atoms with van der Waals surface area (Å²) in [5.41, 5.74) is 3.29. The predicted molar refractivity (Wildman–Crippen MR) is 96.6 cm³/mol. The smallest absolute Gasteiger partial charge is 0.292 e. The number of nitrogens with zero attached hydrogens (tertiary/aromatic N) is 5. The van der Waals surface area contributed by atoms with Crippen LogP contribution in [0.4, 0.5) is 8.78 Å². The number of rotatable bonds is 3. The van der Waals surface area contributed by atoms with Crippen LogP contribution in [0.5, 0.6) is 0 Å². The van der Waals surface area contributed by atoms with Crippen LogP contribution in [0.1, 0.15) is 51.4 Å². The predicted octanol–water partition coefficient (Wildman–Crippen LogP) is 3.08. The summed E-state index contributed by atoms with van der Waals surface area (Å²) in [5, 5.41) is 4.66. The zero-order valence-corrected chi connectivity index (χ0v) is 15.3. The number of imidazole rings is 1. The number of oxazole rings is 1. The minimum Gasteiger partial charge on any atom is -0.438 e. The maximum Gasteiger partial charge on any atom is 0.292 e. The summed E-state index contributed by atoms with van der Waals surface area (Å²) >= 11 is 0. The molecule has 8 nitrogen and oxygen atoms in total. The van der Waals surface area contributed by atoms with E-state index in [2.05, 4.69) is 20.1 Å². The zero-order valence-electron chi connectivity index (χ0n) is 15.3. The first-order valence-electron chi connectivity index (χ1n) is 9.04. The third-order valence-electron chi connectivity index (χ3n) is 5.26. The molecule has 29 heavy (non-hydrogen) atoms. The summed E-state index contributed by atoms with van der Waals surface area (Å²) < 4.78 is 33.3. The van der Waals surface area contributed by atoms with Crippen molar-refractivity contribution in [2.24, 2.45) is 0 Å². The van der Waals surface area contributed by atoms with Gasteiger partial charge in [-0.15, -0.1) is 0 Å². The monoisotopic (exact) mass is 398 g/mol. The summed E-state index contributed by atoms with van der Waals surface area (Å²) in [6.07, 6.45) is 1.85. The molecule has 0 saturated carbocycles. The van der Waals surface area contributed by atoms with E-state index < -0.39 is 29.8 Å². The van der Waals surface area contributed by atoms with Gasteiger partial charge in [0.2, 0.25) is 5.76 Å². The van der Waals surface area contributed by atoms with Crippen LogP contribution in [0.3, 0.4) is 0 Å². The van der Waals surface area contributed by atoms with Gasteiger partial charge in [0, 0.05) is 30.4 Å². The number of carbonyl (C=O) groups is 1. The van der Waals surface area contributed by atoms with Gasteiger partial charge in [0.25, 0.3) is 12.3 Å². The van der Waals surface area contributed by atoms with Crippen molar-refractivity contribution in [2.75, 3.05) is 6.54 Å². The maximum atomic E-state index is 13.3. The molecule has 1 N–H and O–H groups in total. The molecule has 0 radical (unpaired) electrons. The molecule has 0 saturated heterocycles. The number of hydrogen-bond donors (Lipinski definition) is 1. The molecule has 5 rings (SSSR count). The summed E-state index contributed by atoms with van der Waals surface area (Å²) in [5.74, 6) is -1.11. The molecule has 4 aromatic heterocycles. The molecule has 1 aliphatic heterocycles. The van der Waals surface area contributed by atoms with Gasteiger partial charge in [-0.25, -0.2) is 23.3 Å². The van der Waals surface area contributed by atoms with Gasteiger partial charge < -0.3 is 14.3 Å². The highest BCUT2D eigenvalue weighted by molar-refractivity contribution is 5.93. The lowest BCUT2D eigenvalue weighted by atomic mass is 9.97. The highest BCUT2D eigenvalue weighted by atomic mass is 19.3. The molecule has 0 aromatic carbocycles. The molecular weight excluding hydrogens is 382 g/mol. The number of amides is 1. The highest BCUT2D eigenvalue weighted by Gasteiger charge is 2.39. The number of aryl methyl sites for hydroxylation is 1. The number of halogens is 2. The lowest BCUT2D eigenvalue weighted by molar-refractivity contribution is 0.0638. The third kappa shape index (κ3) is 2.63. The summed E-state index contributed by atoms with van der Waals surface area (Å²) in [6, 6.07) is 5.06. The largest absolute Gasteiger partial charge is 0.438 e.